The van der Waals surface area contributed by atoms with Gasteiger partial charge in [0.15, 0.2) is 0 Å². The molecule has 1 saturated heterocycles. The van der Waals surface area contributed by atoms with Crippen molar-refractivity contribution in [2.75, 3.05) is 0 Å². The van der Waals surface area contributed by atoms with Crippen LogP contribution in [0.4, 0.5) is 0 Å². The molecular formula is C20H28BNO3. The van der Waals surface area contributed by atoms with Crippen LogP contribution in [0.3, 0.4) is 0 Å². The Morgan fingerprint density at radius 1 is 1.00 bits per heavy atom. The normalized spacial score (nSPS) is 18.7. The number of unbranched alkanes of at least 4 members (excludes halogenated alkanes) is 1. The van der Waals surface area contributed by atoms with E-state index in [1.54, 1.807) is 0 Å². The molecule has 1 aromatic heterocycles. The monoisotopic (exact) mass is 341 g/mol. The van der Waals surface area contributed by atoms with E-state index in [0.717, 1.165) is 41.7 Å². The first-order valence-corrected chi connectivity index (χ1v) is 9.16. The Labute approximate surface area is 151 Å². The van der Waals surface area contributed by atoms with Crippen molar-refractivity contribution < 1.29 is 13.8 Å². The van der Waals surface area contributed by atoms with Gasteiger partial charge in [-0.25, -0.2) is 0 Å². The van der Waals surface area contributed by atoms with Gasteiger partial charge in [-0.2, -0.15) is 0 Å². The van der Waals surface area contributed by atoms with Gasteiger partial charge in [0.2, 0.25) is 0 Å². The van der Waals surface area contributed by atoms with Gasteiger partial charge >= 0.3 is 7.12 Å². The van der Waals surface area contributed by atoms with Crippen LogP contribution in [0.2, 0.25) is 0 Å². The number of nitrogens with zero attached hydrogens (tertiary/aromatic N) is 1. The van der Waals surface area contributed by atoms with E-state index in [0.29, 0.717) is 0 Å². The number of hydrogen-bond donors (Lipinski definition) is 0. The first kappa shape index (κ1) is 18.2. The Bertz CT molecular complexity index is 718. The summed E-state index contributed by atoms with van der Waals surface area (Å²) < 4.78 is 18.3. The summed E-state index contributed by atoms with van der Waals surface area (Å²) in [5.74, 6) is 0.871. The molecule has 2 aromatic rings. The third-order valence-corrected chi connectivity index (χ3v) is 5.37. The average molecular weight is 341 g/mol. The van der Waals surface area contributed by atoms with Gasteiger partial charge in [0.25, 0.3) is 0 Å². The average Bonchev–Trinajstić information content (AvgIpc) is 3.04. The van der Waals surface area contributed by atoms with Crippen LogP contribution in [0, 0.1) is 6.92 Å². The highest BCUT2D eigenvalue weighted by Gasteiger charge is 2.53. The van der Waals surface area contributed by atoms with Crippen molar-refractivity contribution in [2.45, 2.75) is 72.0 Å². The molecule has 0 atom stereocenters. The molecule has 0 radical (unpaired) electrons. The van der Waals surface area contributed by atoms with Crippen LogP contribution in [0.1, 0.15) is 58.8 Å². The first-order valence-electron chi connectivity index (χ1n) is 9.16. The molecule has 0 bridgehead atoms. The van der Waals surface area contributed by atoms with Crippen LogP contribution in [-0.2, 0) is 15.7 Å². The molecule has 1 aliphatic heterocycles. The van der Waals surface area contributed by atoms with Gasteiger partial charge in [-0.1, -0.05) is 48.3 Å². The standard InChI is InChI=1S/C20H28BNO3/c1-7-8-9-16-17(21-24-19(3,4)20(5,6)25-21)18(22-23-16)15-12-10-14(2)11-13-15/h10-13H,7-9H2,1-6H3. The predicted octanol–water partition coefficient (Wildman–Crippen LogP) is 4.29. The lowest BCUT2D eigenvalue weighted by Crippen LogP contribution is -2.41. The molecule has 1 aliphatic rings. The molecule has 134 valence electrons. The Kier molecular flexibility index (Phi) is 4.82. The molecule has 2 heterocycles. The summed E-state index contributed by atoms with van der Waals surface area (Å²) in [4.78, 5) is 0. The van der Waals surface area contributed by atoms with Gasteiger partial charge < -0.3 is 13.8 Å². The summed E-state index contributed by atoms with van der Waals surface area (Å²) in [6.07, 6.45) is 2.99. The second-order valence-corrected chi connectivity index (χ2v) is 7.93. The molecule has 0 unspecified atom stereocenters. The van der Waals surface area contributed by atoms with Crippen LogP contribution in [0.15, 0.2) is 28.8 Å². The zero-order valence-electron chi connectivity index (χ0n) is 16.2. The van der Waals surface area contributed by atoms with Crippen molar-refractivity contribution in [2.24, 2.45) is 0 Å². The minimum Gasteiger partial charge on any atom is -0.399 e. The highest BCUT2D eigenvalue weighted by Crippen LogP contribution is 2.37. The molecule has 1 aromatic carbocycles. The second kappa shape index (κ2) is 6.62. The highest BCUT2D eigenvalue weighted by molar-refractivity contribution is 6.64. The number of rotatable bonds is 5. The molecule has 3 rings (SSSR count). The molecule has 0 spiro atoms. The van der Waals surface area contributed by atoms with E-state index in [1.807, 2.05) is 0 Å². The Morgan fingerprint density at radius 3 is 2.16 bits per heavy atom. The summed E-state index contributed by atoms with van der Waals surface area (Å²) in [6, 6.07) is 8.32. The van der Waals surface area contributed by atoms with E-state index < -0.39 is 7.12 Å². The van der Waals surface area contributed by atoms with Gasteiger partial charge in [-0.15, -0.1) is 0 Å². The SMILES string of the molecule is CCCCc1onc(-c2ccc(C)cc2)c1B1OC(C)(C)C(C)(C)O1. The maximum atomic E-state index is 6.29. The minimum absolute atomic E-state index is 0.387. The lowest BCUT2D eigenvalue weighted by atomic mass is 9.75. The van der Waals surface area contributed by atoms with Gasteiger partial charge in [0.05, 0.1) is 16.7 Å². The number of aromatic nitrogens is 1. The van der Waals surface area contributed by atoms with E-state index >= 15 is 0 Å². The molecule has 0 amide bonds. The molecule has 5 heteroatoms. The molecule has 0 N–H and O–H groups in total. The van der Waals surface area contributed by atoms with Crippen molar-refractivity contribution in [3.63, 3.8) is 0 Å². The van der Waals surface area contributed by atoms with Crippen molar-refractivity contribution >= 4 is 12.6 Å². The fourth-order valence-electron chi connectivity index (χ4n) is 2.97. The highest BCUT2D eigenvalue weighted by atomic mass is 16.7. The van der Waals surface area contributed by atoms with Gasteiger partial charge in [0.1, 0.15) is 11.5 Å². The summed E-state index contributed by atoms with van der Waals surface area (Å²) in [5, 5.41) is 4.37. The van der Waals surface area contributed by atoms with Crippen LogP contribution < -0.4 is 5.46 Å². The lowest BCUT2D eigenvalue weighted by molar-refractivity contribution is 0.00578. The van der Waals surface area contributed by atoms with Crippen molar-refractivity contribution in [3.05, 3.63) is 35.6 Å². The van der Waals surface area contributed by atoms with E-state index in [-0.39, 0.29) is 11.2 Å². The van der Waals surface area contributed by atoms with Crippen molar-refractivity contribution in [3.8, 4) is 11.3 Å². The van der Waals surface area contributed by atoms with E-state index in [2.05, 4.69) is 71.0 Å². The fraction of sp³-hybridized carbons (Fsp3) is 0.550. The van der Waals surface area contributed by atoms with Gasteiger partial charge in [-0.3, -0.25) is 0 Å². The number of hydrogen-bond acceptors (Lipinski definition) is 4. The summed E-state index contributed by atoms with van der Waals surface area (Å²) in [5.41, 5.74) is 3.24. The first-order chi connectivity index (χ1) is 11.7. The summed E-state index contributed by atoms with van der Waals surface area (Å²) in [6.45, 7) is 12.5. The molecule has 25 heavy (non-hydrogen) atoms. The van der Waals surface area contributed by atoms with Crippen LogP contribution in [0.25, 0.3) is 11.3 Å². The van der Waals surface area contributed by atoms with Gasteiger partial charge in [0, 0.05) is 12.0 Å². The van der Waals surface area contributed by atoms with Gasteiger partial charge in [-0.05, 0) is 41.0 Å². The quantitative estimate of drug-likeness (QED) is 0.761. The molecular weight excluding hydrogens is 313 g/mol. The molecule has 4 nitrogen and oxygen atoms in total. The number of benzene rings is 1. The maximum absolute atomic E-state index is 6.29. The molecule has 1 fully saturated rings. The van der Waals surface area contributed by atoms with Crippen LogP contribution in [-0.4, -0.2) is 23.5 Å². The summed E-state index contributed by atoms with van der Waals surface area (Å²) >= 11 is 0. The van der Waals surface area contributed by atoms with Crippen molar-refractivity contribution in [1.82, 2.24) is 5.16 Å². The topological polar surface area (TPSA) is 44.5 Å². The minimum atomic E-state index is -0.459. The zero-order chi connectivity index (χ0) is 18.2. The summed E-state index contributed by atoms with van der Waals surface area (Å²) in [7, 11) is -0.459. The van der Waals surface area contributed by atoms with Crippen LogP contribution >= 0.6 is 0 Å². The van der Waals surface area contributed by atoms with E-state index in [1.165, 1.54) is 5.56 Å². The largest absolute Gasteiger partial charge is 0.500 e. The van der Waals surface area contributed by atoms with Crippen molar-refractivity contribution in [1.29, 1.82) is 0 Å². The molecule has 0 saturated carbocycles. The fourth-order valence-corrected chi connectivity index (χ4v) is 2.97. The predicted molar refractivity (Wildman–Crippen MR) is 101 cm³/mol. The smallest absolute Gasteiger partial charge is 0.399 e. The lowest BCUT2D eigenvalue weighted by Gasteiger charge is -2.32. The van der Waals surface area contributed by atoms with E-state index in [4.69, 9.17) is 13.8 Å². The second-order valence-electron chi connectivity index (χ2n) is 7.93. The maximum Gasteiger partial charge on any atom is 0.500 e. The van der Waals surface area contributed by atoms with E-state index in [9.17, 15) is 0 Å². The third kappa shape index (κ3) is 3.40. The Hall–Kier alpha value is -1.59. The zero-order valence-corrected chi connectivity index (χ0v) is 16.2. The Morgan fingerprint density at radius 2 is 1.60 bits per heavy atom. The number of aryl methyl sites for hydroxylation is 2. The Balaban J connectivity index is 2.03. The molecule has 0 aliphatic carbocycles. The van der Waals surface area contributed by atoms with Crippen LogP contribution in [0.5, 0.6) is 0 Å². The third-order valence-electron chi connectivity index (χ3n) is 5.37.